The van der Waals surface area contributed by atoms with Crippen molar-refractivity contribution in [3.8, 4) is 5.75 Å². The van der Waals surface area contributed by atoms with Crippen LogP contribution in [-0.2, 0) is 4.74 Å². The number of carbonyl (C=O) groups excluding carboxylic acids is 1. The third kappa shape index (κ3) is 2.58. The van der Waals surface area contributed by atoms with Crippen LogP contribution in [0.3, 0.4) is 0 Å². The number of aromatic hydroxyl groups is 1. The number of phenolic OH excluding ortho intramolecular Hbond substituents is 1. The Morgan fingerprint density at radius 2 is 2.24 bits per heavy atom. The van der Waals surface area contributed by atoms with Gasteiger partial charge in [-0.3, -0.25) is 4.79 Å². The third-order valence-electron chi connectivity index (χ3n) is 2.97. The highest BCUT2D eigenvalue weighted by Crippen LogP contribution is 2.25. The van der Waals surface area contributed by atoms with E-state index in [1.54, 1.807) is 18.2 Å². The first-order valence-corrected chi connectivity index (χ1v) is 5.66. The van der Waals surface area contributed by atoms with Crippen molar-refractivity contribution in [2.24, 2.45) is 5.41 Å². The fourth-order valence-electron chi connectivity index (χ4n) is 1.77. The van der Waals surface area contributed by atoms with Gasteiger partial charge in [0.15, 0.2) is 0 Å². The summed E-state index contributed by atoms with van der Waals surface area (Å²) in [6, 6.07) is 5.00. The number of phenols is 1. The van der Waals surface area contributed by atoms with E-state index >= 15 is 0 Å². The summed E-state index contributed by atoms with van der Waals surface area (Å²) in [6.07, 6.45) is 0. The van der Waals surface area contributed by atoms with Crippen molar-refractivity contribution < 1.29 is 14.6 Å². The molecular formula is C13H17NO3. The molecular weight excluding hydrogens is 218 g/mol. The second kappa shape index (κ2) is 4.37. The average molecular weight is 235 g/mol. The molecule has 92 valence electrons. The Morgan fingerprint density at radius 3 is 2.82 bits per heavy atom. The van der Waals surface area contributed by atoms with E-state index in [9.17, 15) is 9.90 Å². The normalized spacial score (nSPS) is 17.3. The maximum absolute atomic E-state index is 11.9. The zero-order valence-electron chi connectivity index (χ0n) is 10.1. The van der Waals surface area contributed by atoms with Crippen molar-refractivity contribution in [1.29, 1.82) is 0 Å². The monoisotopic (exact) mass is 235 g/mol. The van der Waals surface area contributed by atoms with Gasteiger partial charge < -0.3 is 15.2 Å². The molecule has 2 rings (SSSR count). The molecule has 1 saturated heterocycles. The van der Waals surface area contributed by atoms with Gasteiger partial charge in [0, 0.05) is 12.0 Å². The zero-order chi connectivity index (χ0) is 12.5. The summed E-state index contributed by atoms with van der Waals surface area (Å²) < 4.78 is 5.12. The van der Waals surface area contributed by atoms with Gasteiger partial charge in [0.2, 0.25) is 0 Å². The van der Waals surface area contributed by atoms with Crippen LogP contribution < -0.4 is 5.32 Å². The van der Waals surface area contributed by atoms with E-state index in [1.807, 2.05) is 6.92 Å². The molecule has 0 bridgehead atoms. The number of hydrogen-bond acceptors (Lipinski definition) is 3. The number of nitrogens with one attached hydrogen (secondary N) is 1. The number of aryl methyl sites for hydroxylation is 1. The summed E-state index contributed by atoms with van der Waals surface area (Å²) in [6.45, 7) is 5.86. The first kappa shape index (κ1) is 11.9. The molecule has 2 N–H and O–H groups in total. The largest absolute Gasteiger partial charge is 0.507 e. The van der Waals surface area contributed by atoms with Gasteiger partial charge in [-0.25, -0.2) is 0 Å². The first-order valence-electron chi connectivity index (χ1n) is 5.66. The van der Waals surface area contributed by atoms with Crippen molar-refractivity contribution in [1.82, 2.24) is 5.32 Å². The Bertz CT molecular complexity index is 438. The average Bonchev–Trinajstić information content (AvgIpc) is 2.26. The Balaban J connectivity index is 2.01. The topological polar surface area (TPSA) is 58.6 Å². The first-order chi connectivity index (χ1) is 8.00. The maximum atomic E-state index is 11.9. The molecule has 0 spiro atoms. The molecule has 0 radical (unpaired) electrons. The molecule has 0 unspecified atom stereocenters. The lowest BCUT2D eigenvalue weighted by Crippen LogP contribution is -2.48. The highest BCUT2D eigenvalue weighted by molar-refractivity contribution is 5.97. The van der Waals surface area contributed by atoms with Crippen LogP contribution in [0.2, 0.25) is 0 Å². The lowest BCUT2D eigenvalue weighted by molar-refractivity contribution is -0.0978. The fraction of sp³-hybridized carbons (Fsp3) is 0.462. The van der Waals surface area contributed by atoms with Gasteiger partial charge in [0.25, 0.3) is 5.91 Å². The Labute approximate surface area is 101 Å². The van der Waals surface area contributed by atoms with E-state index in [2.05, 4.69) is 12.2 Å². The van der Waals surface area contributed by atoms with E-state index in [4.69, 9.17) is 4.74 Å². The van der Waals surface area contributed by atoms with Crippen LogP contribution in [0.25, 0.3) is 0 Å². The van der Waals surface area contributed by atoms with Gasteiger partial charge in [-0.2, -0.15) is 0 Å². The molecule has 1 aliphatic heterocycles. The van der Waals surface area contributed by atoms with Gasteiger partial charge in [0.05, 0.1) is 18.8 Å². The quantitative estimate of drug-likeness (QED) is 0.834. The van der Waals surface area contributed by atoms with Crippen molar-refractivity contribution in [2.75, 3.05) is 19.8 Å². The summed E-state index contributed by atoms with van der Waals surface area (Å²) in [4.78, 5) is 11.9. The van der Waals surface area contributed by atoms with Gasteiger partial charge in [-0.05, 0) is 19.1 Å². The van der Waals surface area contributed by atoms with Crippen LogP contribution >= 0.6 is 0 Å². The molecule has 0 saturated carbocycles. The second-order valence-electron chi connectivity index (χ2n) is 5.01. The summed E-state index contributed by atoms with van der Waals surface area (Å²) >= 11 is 0. The predicted octanol–water partition coefficient (Wildman–Crippen LogP) is 1.47. The Hall–Kier alpha value is -1.55. The van der Waals surface area contributed by atoms with Gasteiger partial charge in [-0.1, -0.05) is 18.6 Å². The molecule has 1 aliphatic rings. The fourth-order valence-corrected chi connectivity index (χ4v) is 1.77. The number of rotatable bonds is 3. The zero-order valence-corrected chi connectivity index (χ0v) is 10.1. The standard InChI is InChI=1S/C13H17NO3/c1-9-3-4-11(15)10(5-9)12(16)14-6-13(2)7-17-8-13/h3-5,15H,6-8H2,1-2H3,(H,14,16). The van der Waals surface area contributed by atoms with Gasteiger partial charge in [0.1, 0.15) is 5.75 Å². The molecule has 1 aromatic carbocycles. The highest BCUT2D eigenvalue weighted by Gasteiger charge is 2.33. The minimum Gasteiger partial charge on any atom is -0.507 e. The number of benzene rings is 1. The summed E-state index contributed by atoms with van der Waals surface area (Å²) in [5.41, 5.74) is 1.31. The van der Waals surface area contributed by atoms with Crippen molar-refractivity contribution in [3.63, 3.8) is 0 Å². The van der Waals surface area contributed by atoms with Crippen LogP contribution in [0.1, 0.15) is 22.8 Å². The Morgan fingerprint density at radius 1 is 1.53 bits per heavy atom. The Kier molecular flexibility index (Phi) is 3.07. The molecule has 4 nitrogen and oxygen atoms in total. The molecule has 0 atom stereocenters. The van der Waals surface area contributed by atoms with E-state index in [1.165, 1.54) is 0 Å². The minimum atomic E-state index is -0.237. The van der Waals surface area contributed by atoms with Gasteiger partial charge >= 0.3 is 0 Å². The maximum Gasteiger partial charge on any atom is 0.255 e. The van der Waals surface area contributed by atoms with Crippen LogP contribution in [0.4, 0.5) is 0 Å². The lowest BCUT2D eigenvalue weighted by Gasteiger charge is -2.38. The lowest BCUT2D eigenvalue weighted by atomic mass is 9.88. The van der Waals surface area contributed by atoms with E-state index < -0.39 is 0 Å². The molecule has 1 heterocycles. The SMILES string of the molecule is Cc1ccc(O)c(C(=O)NCC2(C)COC2)c1. The second-order valence-corrected chi connectivity index (χ2v) is 5.01. The molecule has 4 heteroatoms. The van der Waals surface area contributed by atoms with Crippen molar-refractivity contribution in [2.45, 2.75) is 13.8 Å². The predicted molar refractivity (Wildman–Crippen MR) is 64.1 cm³/mol. The molecule has 1 amide bonds. The van der Waals surface area contributed by atoms with E-state index in [0.717, 1.165) is 5.56 Å². The highest BCUT2D eigenvalue weighted by atomic mass is 16.5. The molecule has 1 aromatic rings. The number of hydrogen-bond donors (Lipinski definition) is 2. The van der Waals surface area contributed by atoms with Crippen LogP contribution in [0.5, 0.6) is 5.75 Å². The third-order valence-corrected chi connectivity index (χ3v) is 2.97. The van der Waals surface area contributed by atoms with E-state index in [-0.39, 0.29) is 17.1 Å². The van der Waals surface area contributed by atoms with Crippen LogP contribution in [-0.4, -0.2) is 30.8 Å². The van der Waals surface area contributed by atoms with Gasteiger partial charge in [-0.15, -0.1) is 0 Å². The summed E-state index contributed by atoms with van der Waals surface area (Å²) in [7, 11) is 0. The van der Waals surface area contributed by atoms with Crippen molar-refractivity contribution >= 4 is 5.91 Å². The summed E-state index contributed by atoms with van der Waals surface area (Å²) in [5, 5.41) is 12.5. The smallest absolute Gasteiger partial charge is 0.255 e. The summed E-state index contributed by atoms with van der Waals surface area (Å²) in [5.74, 6) is -0.220. The van der Waals surface area contributed by atoms with E-state index in [0.29, 0.717) is 25.3 Å². The molecule has 0 aliphatic carbocycles. The van der Waals surface area contributed by atoms with Crippen LogP contribution in [0, 0.1) is 12.3 Å². The molecule has 17 heavy (non-hydrogen) atoms. The van der Waals surface area contributed by atoms with Crippen molar-refractivity contribution in [3.05, 3.63) is 29.3 Å². The number of carbonyl (C=O) groups is 1. The minimum absolute atomic E-state index is 0.0168. The molecule has 1 fully saturated rings. The molecule has 0 aromatic heterocycles. The number of ether oxygens (including phenoxy) is 1. The number of amides is 1. The van der Waals surface area contributed by atoms with Crippen LogP contribution in [0.15, 0.2) is 18.2 Å².